The number of anilines is 1. The van der Waals surface area contributed by atoms with E-state index in [-0.39, 0.29) is 18.2 Å². The van der Waals surface area contributed by atoms with Crippen LogP contribution in [0.2, 0.25) is 5.02 Å². The maximum atomic E-state index is 13.2. The Morgan fingerprint density at radius 2 is 1.80 bits per heavy atom. The van der Waals surface area contributed by atoms with Crippen molar-refractivity contribution in [1.82, 2.24) is 10.3 Å². The van der Waals surface area contributed by atoms with Crippen LogP contribution in [0.25, 0.3) is 0 Å². The minimum atomic E-state index is -0.586. The second-order valence-corrected chi connectivity index (χ2v) is 6.97. The zero-order valence-electron chi connectivity index (χ0n) is 16.1. The first-order valence-corrected chi connectivity index (χ1v) is 9.48. The molecule has 0 saturated heterocycles. The topological polar surface area (TPSA) is 80.3 Å². The molecule has 6 nitrogen and oxygen atoms in total. The largest absolute Gasteiger partial charge is 0.444 e. The molecule has 0 aliphatic carbocycles. The molecule has 1 heterocycles. The minimum Gasteiger partial charge on any atom is -0.444 e. The number of carbonyl (C=O) groups is 2. The van der Waals surface area contributed by atoms with Crippen molar-refractivity contribution in [3.8, 4) is 0 Å². The highest BCUT2D eigenvalue weighted by Crippen LogP contribution is 2.17. The molecule has 2 aromatic carbocycles. The Morgan fingerprint density at radius 3 is 2.47 bits per heavy atom. The van der Waals surface area contributed by atoms with Crippen molar-refractivity contribution in [1.29, 1.82) is 0 Å². The van der Waals surface area contributed by atoms with E-state index < -0.39 is 17.8 Å². The number of halogens is 2. The first kappa shape index (κ1) is 21.3. The molecule has 0 spiro atoms. The summed E-state index contributed by atoms with van der Waals surface area (Å²) in [5.41, 5.74) is 2.33. The molecule has 3 rings (SSSR count). The third-order valence-electron chi connectivity index (χ3n) is 4.25. The van der Waals surface area contributed by atoms with Crippen LogP contribution in [0.1, 0.15) is 34.5 Å². The highest BCUT2D eigenvalue weighted by atomic mass is 35.5. The number of aromatic nitrogens is 1. The van der Waals surface area contributed by atoms with Crippen molar-refractivity contribution >= 4 is 29.3 Å². The summed E-state index contributed by atoms with van der Waals surface area (Å²) in [7, 11) is 0. The van der Waals surface area contributed by atoms with Crippen molar-refractivity contribution in [2.24, 2.45) is 0 Å². The Morgan fingerprint density at radius 1 is 1.10 bits per heavy atom. The maximum Gasteiger partial charge on any atom is 0.411 e. The maximum absolute atomic E-state index is 13.2. The lowest BCUT2D eigenvalue weighted by molar-refractivity contribution is 0.0939. The predicted octanol–water partition coefficient (Wildman–Crippen LogP) is 5.11. The van der Waals surface area contributed by atoms with Gasteiger partial charge in [-0.2, -0.15) is 0 Å². The lowest BCUT2D eigenvalue weighted by Crippen LogP contribution is -2.26. The number of hydrogen-bond donors (Lipinski definition) is 2. The molecule has 0 saturated carbocycles. The molecule has 0 radical (unpaired) electrons. The lowest BCUT2D eigenvalue weighted by atomic mass is 10.1. The fourth-order valence-electron chi connectivity index (χ4n) is 2.64. The van der Waals surface area contributed by atoms with Gasteiger partial charge in [0, 0.05) is 16.9 Å². The molecule has 0 fully saturated rings. The van der Waals surface area contributed by atoms with Gasteiger partial charge >= 0.3 is 6.09 Å². The Balaban J connectivity index is 1.51. The summed E-state index contributed by atoms with van der Waals surface area (Å²) in [5.74, 6) is -1.00. The average Bonchev–Trinajstić information content (AvgIpc) is 2.74. The molecule has 2 N–H and O–H groups in total. The highest BCUT2D eigenvalue weighted by molar-refractivity contribution is 6.30. The van der Waals surface area contributed by atoms with E-state index in [0.29, 0.717) is 10.7 Å². The van der Waals surface area contributed by atoms with E-state index in [0.717, 1.165) is 23.4 Å². The summed E-state index contributed by atoms with van der Waals surface area (Å²) in [6, 6.07) is 14.7. The number of nitrogens with zero attached hydrogens (tertiary/aromatic N) is 1. The number of ether oxygens (including phenoxy) is 1. The number of benzene rings is 2. The molecule has 1 unspecified atom stereocenters. The molecule has 0 aliphatic rings. The summed E-state index contributed by atoms with van der Waals surface area (Å²) in [6.07, 6.45) is 1.75. The molecule has 154 valence electrons. The van der Waals surface area contributed by atoms with Crippen LogP contribution in [-0.2, 0) is 11.3 Å². The van der Waals surface area contributed by atoms with Crippen LogP contribution in [0.5, 0.6) is 0 Å². The molecular formula is C22H19ClFN3O3. The van der Waals surface area contributed by atoms with Gasteiger partial charge in [-0.3, -0.25) is 15.1 Å². The van der Waals surface area contributed by atoms with Crippen LogP contribution in [-0.4, -0.2) is 17.0 Å². The van der Waals surface area contributed by atoms with Gasteiger partial charge in [0.25, 0.3) is 5.91 Å². The van der Waals surface area contributed by atoms with Gasteiger partial charge in [0.1, 0.15) is 12.4 Å². The van der Waals surface area contributed by atoms with Gasteiger partial charge in [0.2, 0.25) is 0 Å². The SMILES string of the molecule is CC(NC(=O)c1cncc(F)c1)c1ccc(NC(=O)OCc2ccc(Cl)cc2)cc1. The van der Waals surface area contributed by atoms with E-state index in [1.807, 2.05) is 0 Å². The number of pyridine rings is 1. The zero-order chi connectivity index (χ0) is 21.5. The molecule has 0 bridgehead atoms. The van der Waals surface area contributed by atoms with Crippen LogP contribution in [0, 0.1) is 5.82 Å². The summed E-state index contributed by atoms with van der Waals surface area (Å²) in [4.78, 5) is 27.8. The third-order valence-corrected chi connectivity index (χ3v) is 4.51. The van der Waals surface area contributed by atoms with E-state index in [1.165, 1.54) is 6.20 Å². The van der Waals surface area contributed by atoms with Crippen molar-refractivity contribution in [3.05, 3.63) is 94.5 Å². The lowest BCUT2D eigenvalue weighted by Gasteiger charge is -2.15. The molecular weight excluding hydrogens is 409 g/mol. The summed E-state index contributed by atoms with van der Waals surface area (Å²) in [5, 5.41) is 6.03. The predicted molar refractivity (Wildman–Crippen MR) is 112 cm³/mol. The summed E-state index contributed by atoms with van der Waals surface area (Å²) < 4.78 is 18.4. The van der Waals surface area contributed by atoms with E-state index in [1.54, 1.807) is 55.5 Å². The van der Waals surface area contributed by atoms with Crippen LogP contribution >= 0.6 is 11.6 Å². The average molecular weight is 428 g/mol. The number of rotatable bonds is 6. The highest BCUT2D eigenvalue weighted by Gasteiger charge is 2.13. The second-order valence-electron chi connectivity index (χ2n) is 6.54. The monoisotopic (exact) mass is 427 g/mol. The first-order valence-electron chi connectivity index (χ1n) is 9.10. The Hall–Kier alpha value is -3.45. The van der Waals surface area contributed by atoms with E-state index >= 15 is 0 Å². The van der Waals surface area contributed by atoms with E-state index in [9.17, 15) is 14.0 Å². The van der Waals surface area contributed by atoms with Gasteiger partial charge in [0.15, 0.2) is 0 Å². The van der Waals surface area contributed by atoms with Crippen LogP contribution in [0.4, 0.5) is 14.9 Å². The normalized spacial score (nSPS) is 11.4. The van der Waals surface area contributed by atoms with Gasteiger partial charge in [-0.05, 0) is 48.4 Å². The number of amides is 2. The van der Waals surface area contributed by atoms with Crippen LogP contribution < -0.4 is 10.6 Å². The van der Waals surface area contributed by atoms with Gasteiger partial charge in [0.05, 0.1) is 17.8 Å². The smallest absolute Gasteiger partial charge is 0.411 e. The van der Waals surface area contributed by atoms with E-state index in [4.69, 9.17) is 16.3 Å². The molecule has 2 amide bonds. The molecule has 3 aromatic rings. The third kappa shape index (κ3) is 6.02. The number of carbonyl (C=O) groups excluding carboxylic acids is 2. The Bertz CT molecular complexity index is 1030. The van der Waals surface area contributed by atoms with Gasteiger partial charge in [-0.1, -0.05) is 35.9 Å². The molecule has 1 atom stereocenters. The quantitative estimate of drug-likeness (QED) is 0.572. The van der Waals surface area contributed by atoms with E-state index in [2.05, 4.69) is 15.6 Å². The molecule has 8 heteroatoms. The van der Waals surface area contributed by atoms with Crippen molar-refractivity contribution in [2.75, 3.05) is 5.32 Å². The Labute approximate surface area is 178 Å². The molecule has 0 aliphatic heterocycles. The Kier molecular flexibility index (Phi) is 6.98. The standard InChI is InChI=1S/C22H19ClFN3O3/c1-14(26-21(28)17-10-19(24)12-25-11-17)16-4-8-20(9-5-16)27-22(29)30-13-15-2-6-18(23)7-3-15/h2-12,14H,13H2,1H3,(H,26,28)(H,27,29). The van der Waals surface area contributed by atoms with Gasteiger partial charge < -0.3 is 10.1 Å². The minimum absolute atomic E-state index is 0.124. The number of hydrogen-bond acceptors (Lipinski definition) is 4. The molecule has 1 aromatic heterocycles. The zero-order valence-corrected chi connectivity index (χ0v) is 16.8. The van der Waals surface area contributed by atoms with Crippen LogP contribution in [0.15, 0.2) is 67.0 Å². The van der Waals surface area contributed by atoms with Crippen molar-refractivity contribution < 1.29 is 18.7 Å². The fraction of sp³-hybridized carbons (Fsp3) is 0.136. The number of nitrogens with one attached hydrogen (secondary N) is 2. The molecule has 30 heavy (non-hydrogen) atoms. The van der Waals surface area contributed by atoms with Crippen LogP contribution in [0.3, 0.4) is 0 Å². The van der Waals surface area contributed by atoms with Crippen molar-refractivity contribution in [3.63, 3.8) is 0 Å². The summed E-state index contributed by atoms with van der Waals surface area (Å²) in [6.45, 7) is 1.92. The van der Waals surface area contributed by atoms with Gasteiger partial charge in [-0.25, -0.2) is 9.18 Å². The van der Waals surface area contributed by atoms with Gasteiger partial charge in [-0.15, -0.1) is 0 Å². The first-order chi connectivity index (χ1) is 14.4. The van der Waals surface area contributed by atoms with Crippen molar-refractivity contribution in [2.45, 2.75) is 19.6 Å². The second kappa shape index (κ2) is 9.84. The summed E-state index contributed by atoms with van der Waals surface area (Å²) >= 11 is 5.82. The fourth-order valence-corrected chi connectivity index (χ4v) is 2.76.